The van der Waals surface area contributed by atoms with Gasteiger partial charge in [0.1, 0.15) is 0 Å². The second-order valence-electron chi connectivity index (χ2n) is 3.92. The number of rotatable bonds is 8. The monoisotopic (exact) mass is 257 g/mol. The molecule has 102 valence electrons. The van der Waals surface area contributed by atoms with Gasteiger partial charge in [-0.05, 0) is 24.1 Å². The molecule has 0 aromatic heterocycles. The molecule has 0 fully saturated rings. The molecule has 0 aliphatic rings. The van der Waals surface area contributed by atoms with Crippen LogP contribution in [0.4, 0.5) is 4.39 Å². The lowest BCUT2D eigenvalue weighted by atomic mass is 10.1. The fourth-order valence-electron chi connectivity index (χ4n) is 1.53. The largest absolute Gasteiger partial charge is 0.494 e. The van der Waals surface area contributed by atoms with Gasteiger partial charge in [-0.3, -0.25) is 0 Å². The molecule has 0 spiro atoms. The molecule has 0 saturated heterocycles. The van der Waals surface area contributed by atoms with Crippen molar-refractivity contribution in [3.63, 3.8) is 0 Å². The molecule has 0 radical (unpaired) electrons. The molecule has 1 unspecified atom stereocenters. The summed E-state index contributed by atoms with van der Waals surface area (Å²) in [6, 6.07) is 4.34. The lowest BCUT2D eigenvalue weighted by Crippen LogP contribution is -2.18. The molecule has 0 amide bonds. The molecule has 5 heteroatoms. The van der Waals surface area contributed by atoms with Crippen LogP contribution >= 0.6 is 0 Å². The normalized spacial score (nSPS) is 12.4. The van der Waals surface area contributed by atoms with Crippen LogP contribution < -0.4 is 10.5 Å². The van der Waals surface area contributed by atoms with Gasteiger partial charge in [-0.25, -0.2) is 4.39 Å². The third kappa shape index (κ3) is 4.60. The Morgan fingerprint density at radius 1 is 1.28 bits per heavy atom. The number of ether oxygens (including phenoxy) is 3. The van der Waals surface area contributed by atoms with Crippen molar-refractivity contribution in [1.82, 2.24) is 0 Å². The van der Waals surface area contributed by atoms with Gasteiger partial charge in [0.2, 0.25) is 0 Å². The van der Waals surface area contributed by atoms with E-state index in [4.69, 9.17) is 19.9 Å². The summed E-state index contributed by atoms with van der Waals surface area (Å²) in [6.45, 7) is 1.60. The predicted octanol–water partition coefficient (Wildman–Crippen LogP) is 1.89. The summed E-state index contributed by atoms with van der Waals surface area (Å²) in [5.41, 5.74) is 6.60. The molecule has 0 heterocycles. The molecule has 0 saturated carbocycles. The standard InChI is InChI=1S/C13H20FNO3/c1-16-6-3-7-18-9-12(15)10-4-5-13(17-2)11(14)8-10/h4-5,8,12H,3,6-7,9,15H2,1-2H3. The molecule has 1 atom stereocenters. The Bertz CT molecular complexity index is 360. The second-order valence-corrected chi connectivity index (χ2v) is 3.92. The van der Waals surface area contributed by atoms with Crippen molar-refractivity contribution in [2.24, 2.45) is 5.73 Å². The molecular formula is C13H20FNO3. The van der Waals surface area contributed by atoms with E-state index in [-0.39, 0.29) is 11.8 Å². The number of hydrogen-bond donors (Lipinski definition) is 1. The van der Waals surface area contributed by atoms with Crippen LogP contribution in [0.1, 0.15) is 18.0 Å². The minimum Gasteiger partial charge on any atom is -0.494 e. The van der Waals surface area contributed by atoms with Gasteiger partial charge in [0.25, 0.3) is 0 Å². The van der Waals surface area contributed by atoms with Gasteiger partial charge in [-0.2, -0.15) is 0 Å². The Hall–Kier alpha value is -1.17. The Labute approximate surface area is 107 Å². The SMILES string of the molecule is COCCCOCC(N)c1ccc(OC)c(F)c1. The number of benzene rings is 1. The van der Waals surface area contributed by atoms with Gasteiger partial charge in [0.15, 0.2) is 11.6 Å². The number of methoxy groups -OCH3 is 2. The first kappa shape index (κ1) is 14.9. The van der Waals surface area contributed by atoms with Gasteiger partial charge in [0.05, 0.1) is 19.8 Å². The van der Waals surface area contributed by atoms with Gasteiger partial charge >= 0.3 is 0 Å². The van der Waals surface area contributed by atoms with Crippen LogP contribution in [0, 0.1) is 5.82 Å². The molecule has 0 aliphatic heterocycles. The van der Waals surface area contributed by atoms with E-state index in [0.717, 1.165) is 6.42 Å². The summed E-state index contributed by atoms with van der Waals surface area (Å²) in [6.07, 6.45) is 0.820. The van der Waals surface area contributed by atoms with E-state index in [1.54, 1.807) is 19.2 Å². The van der Waals surface area contributed by atoms with E-state index < -0.39 is 5.82 Å². The van der Waals surface area contributed by atoms with Gasteiger partial charge in [-0.15, -0.1) is 0 Å². The summed E-state index contributed by atoms with van der Waals surface area (Å²) in [7, 11) is 3.07. The van der Waals surface area contributed by atoms with Crippen molar-refractivity contribution >= 4 is 0 Å². The highest BCUT2D eigenvalue weighted by Gasteiger charge is 2.10. The van der Waals surface area contributed by atoms with E-state index in [1.165, 1.54) is 13.2 Å². The van der Waals surface area contributed by atoms with E-state index in [2.05, 4.69) is 0 Å². The summed E-state index contributed by atoms with van der Waals surface area (Å²) in [5.74, 6) is -0.197. The van der Waals surface area contributed by atoms with Crippen molar-refractivity contribution < 1.29 is 18.6 Å². The van der Waals surface area contributed by atoms with Crippen molar-refractivity contribution in [3.8, 4) is 5.75 Å². The summed E-state index contributed by atoms with van der Waals surface area (Å²) in [5, 5.41) is 0. The molecule has 4 nitrogen and oxygen atoms in total. The average molecular weight is 257 g/mol. The van der Waals surface area contributed by atoms with E-state index in [1.807, 2.05) is 0 Å². The van der Waals surface area contributed by atoms with Crippen LogP contribution in [0.15, 0.2) is 18.2 Å². The zero-order valence-electron chi connectivity index (χ0n) is 10.8. The predicted molar refractivity (Wildman–Crippen MR) is 67.2 cm³/mol. The van der Waals surface area contributed by atoms with Gasteiger partial charge < -0.3 is 19.9 Å². The molecule has 1 aromatic rings. The Balaban J connectivity index is 2.41. The Kier molecular flexibility index (Phi) is 6.64. The first-order valence-electron chi connectivity index (χ1n) is 5.84. The van der Waals surface area contributed by atoms with Crippen molar-refractivity contribution in [2.75, 3.05) is 34.0 Å². The zero-order valence-corrected chi connectivity index (χ0v) is 10.8. The molecular weight excluding hydrogens is 237 g/mol. The van der Waals surface area contributed by atoms with Crippen LogP contribution in [0.25, 0.3) is 0 Å². The fraction of sp³-hybridized carbons (Fsp3) is 0.538. The van der Waals surface area contributed by atoms with Gasteiger partial charge in [0, 0.05) is 20.3 Å². The molecule has 18 heavy (non-hydrogen) atoms. The first-order chi connectivity index (χ1) is 8.69. The Morgan fingerprint density at radius 3 is 2.67 bits per heavy atom. The first-order valence-corrected chi connectivity index (χ1v) is 5.84. The quantitative estimate of drug-likeness (QED) is 0.722. The summed E-state index contributed by atoms with van der Waals surface area (Å²) >= 11 is 0. The van der Waals surface area contributed by atoms with E-state index in [0.29, 0.717) is 25.4 Å². The molecule has 0 aliphatic carbocycles. The van der Waals surface area contributed by atoms with Gasteiger partial charge in [-0.1, -0.05) is 6.07 Å². The maximum absolute atomic E-state index is 13.5. The third-order valence-corrected chi connectivity index (χ3v) is 2.54. The van der Waals surface area contributed by atoms with Crippen LogP contribution in [0.3, 0.4) is 0 Å². The van der Waals surface area contributed by atoms with Crippen molar-refractivity contribution in [3.05, 3.63) is 29.6 Å². The second kappa shape index (κ2) is 8.02. The third-order valence-electron chi connectivity index (χ3n) is 2.54. The Morgan fingerprint density at radius 2 is 2.06 bits per heavy atom. The van der Waals surface area contributed by atoms with Crippen LogP contribution in [-0.4, -0.2) is 34.0 Å². The molecule has 0 bridgehead atoms. The van der Waals surface area contributed by atoms with Crippen LogP contribution in [0.2, 0.25) is 0 Å². The minimum absolute atomic E-state index is 0.215. The zero-order chi connectivity index (χ0) is 13.4. The lowest BCUT2D eigenvalue weighted by Gasteiger charge is -2.13. The highest BCUT2D eigenvalue weighted by molar-refractivity contribution is 5.30. The highest BCUT2D eigenvalue weighted by atomic mass is 19.1. The van der Waals surface area contributed by atoms with Crippen LogP contribution in [-0.2, 0) is 9.47 Å². The van der Waals surface area contributed by atoms with Crippen molar-refractivity contribution in [2.45, 2.75) is 12.5 Å². The molecule has 1 rings (SSSR count). The van der Waals surface area contributed by atoms with E-state index >= 15 is 0 Å². The lowest BCUT2D eigenvalue weighted by molar-refractivity contribution is 0.0939. The minimum atomic E-state index is -0.412. The highest BCUT2D eigenvalue weighted by Crippen LogP contribution is 2.20. The molecule has 1 aromatic carbocycles. The smallest absolute Gasteiger partial charge is 0.165 e. The molecule has 2 N–H and O–H groups in total. The number of nitrogens with two attached hydrogens (primary N) is 1. The van der Waals surface area contributed by atoms with Crippen LogP contribution in [0.5, 0.6) is 5.75 Å². The summed E-state index contributed by atoms with van der Waals surface area (Å²) < 4.78 is 28.6. The van der Waals surface area contributed by atoms with Crippen molar-refractivity contribution in [1.29, 1.82) is 0 Å². The fourth-order valence-corrected chi connectivity index (χ4v) is 1.53. The summed E-state index contributed by atoms with van der Waals surface area (Å²) in [4.78, 5) is 0. The maximum atomic E-state index is 13.5. The number of hydrogen-bond acceptors (Lipinski definition) is 4. The average Bonchev–Trinajstić information content (AvgIpc) is 2.38. The maximum Gasteiger partial charge on any atom is 0.165 e. The van der Waals surface area contributed by atoms with E-state index in [9.17, 15) is 4.39 Å². The topological polar surface area (TPSA) is 53.7 Å². The number of halogens is 1.